The monoisotopic (exact) mass is 417 g/mol. The van der Waals surface area contributed by atoms with Crippen LogP contribution in [-0.2, 0) is 24.3 Å². The van der Waals surface area contributed by atoms with Gasteiger partial charge in [-0.05, 0) is 52.0 Å². The predicted molar refractivity (Wildman–Crippen MR) is 98.2 cm³/mol. The number of hydrogen-bond acceptors (Lipinski definition) is 6. The van der Waals surface area contributed by atoms with E-state index in [-0.39, 0.29) is 4.90 Å². The Balaban J connectivity index is 2.63. The van der Waals surface area contributed by atoms with E-state index in [2.05, 4.69) is 5.32 Å². The van der Waals surface area contributed by atoms with Gasteiger partial charge in [-0.3, -0.25) is 14.9 Å². The lowest BCUT2D eigenvalue weighted by atomic mass is 10.1. The van der Waals surface area contributed by atoms with Crippen molar-refractivity contribution >= 4 is 27.9 Å². The number of imide groups is 1. The minimum Gasteiger partial charge on any atom is -0.452 e. The number of nitrogens with one attached hydrogen (secondary N) is 2. The molecule has 1 aromatic carbocycles. The molecule has 0 bridgehead atoms. The Morgan fingerprint density at radius 2 is 1.71 bits per heavy atom. The highest BCUT2D eigenvalue weighted by Crippen LogP contribution is 2.14. The zero-order valence-corrected chi connectivity index (χ0v) is 17.1. The van der Waals surface area contributed by atoms with Gasteiger partial charge in [-0.2, -0.15) is 4.31 Å². The number of urea groups is 1. The summed E-state index contributed by atoms with van der Waals surface area (Å²) in [5, 5.41) is 4.53. The van der Waals surface area contributed by atoms with Crippen LogP contribution < -0.4 is 10.6 Å². The molecule has 156 valence electrons. The number of sulfonamides is 1. The third-order valence-corrected chi connectivity index (χ3v) is 5.09. The SMILES string of the molecule is C[C@H](OC(=O)CN(C)S(=O)(=O)c1ccc(F)cc1)C(=O)NC(=O)NC(C)(C)C. The Bertz CT molecular complexity index is 833. The Labute approximate surface area is 163 Å². The maximum absolute atomic E-state index is 12.9. The molecule has 0 radical (unpaired) electrons. The summed E-state index contributed by atoms with van der Waals surface area (Å²) >= 11 is 0. The first kappa shape index (κ1) is 23.5. The van der Waals surface area contributed by atoms with Crippen molar-refractivity contribution in [2.45, 2.75) is 44.2 Å². The van der Waals surface area contributed by atoms with Gasteiger partial charge in [0.2, 0.25) is 10.0 Å². The molecule has 1 aromatic rings. The molecule has 11 heteroatoms. The third kappa shape index (κ3) is 7.24. The fourth-order valence-corrected chi connectivity index (χ4v) is 3.04. The number of esters is 1. The first-order valence-electron chi connectivity index (χ1n) is 8.27. The third-order valence-electron chi connectivity index (χ3n) is 3.28. The van der Waals surface area contributed by atoms with Gasteiger partial charge in [-0.25, -0.2) is 17.6 Å². The van der Waals surface area contributed by atoms with E-state index >= 15 is 0 Å². The molecule has 0 unspecified atom stereocenters. The predicted octanol–water partition coefficient (Wildman–Crippen LogP) is 1.00. The van der Waals surface area contributed by atoms with Gasteiger partial charge in [0.1, 0.15) is 12.4 Å². The molecule has 3 amide bonds. The highest BCUT2D eigenvalue weighted by molar-refractivity contribution is 7.89. The first-order valence-corrected chi connectivity index (χ1v) is 9.71. The summed E-state index contributed by atoms with van der Waals surface area (Å²) in [5.41, 5.74) is -0.568. The van der Waals surface area contributed by atoms with Gasteiger partial charge in [0.15, 0.2) is 6.10 Å². The summed E-state index contributed by atoms with van der Waals surface area (Å²) < 4.78 is 43.2. The van der Waals surface area contributed by atoms with Crippen LogP contribution in [-0.4, -0.2) is 55.9 Å². The average molecular weight is 417 g/mol. The van der Waals surface area contributed by atoms with Gasteiger partial charge in [-0.15, -0.1) is 0 Å². The van der Waals surface area contributed by atoms with Crippen LogP contribution >= 0.6 is 0 Å². The highest BCUT2D eigenvalue weighted by Gasteiger charge is 2.26. The number of carbonyl (C=O) groups excluding carboxylic acids is 3. The maximum Gasteiger partial charge on any atom is 0.322 e. The molecule has 0 saturated heterocycles. The largest absolute Gasteiger partial charge is 0.452 e. The molecule has 1 atom stereocenters. The van der Waals surface area contributed by atoms with E-state index in [1.54, 1.807) is 20.8 Å². The van der Waals surface area contributed by atoms with E-state index in [0.29, 0.717) is 4.31 Å². The molecule has 0 aromatic heterocycles. The summed E-state index contributed by atoms with van der Waals surface area (Å²) in [6, 6.07) is 3.34. The van der Waals surface area contributed by atoms with Gasteiger partial charge in [0, 0.05) is 12.6 Å². The van der Waals surface area contributed by atoms with Crippen LogP contribution in [0.4, 0.5) is 9.18 Å². The zero-order chi connectivity index (χ0) is 21.7. The van der Waals surface area contributed by atoms with Crippen LogP contribution in [0.5, 0.6) is 0 Å². The Morgan fingerprint density at radius 1 is 1.18 bits per heavy atom. The van der Waals surface area contributed by atoms with Crippen molar-refractivity contribution in [1.29, 1.82) is 0 Å². The summed E-state index contributed by atoms with van der Waals surface area (Å²) in [6.45, 7) is 5.73. The lowest BCUT2D eigenvalue weighted by Gasteiger charge is -2.21. The number of ether oxygens (including phenoxy) is 1. The van der Waals surface area contributed by atoms with Gasteiger partial charge in [-0.1, -0.05) is 0 Å². The number of nitrogens with zero attached hydrogens (tertiary/aromatic N) is 1. The molecular formula is C17H24FN3O6S. The second-order valence-corrected chi connectivity index (χ2v) is 9.09. The molecule has 28 heavy (non-hydrogen) atoms. The average Bonchev–Trinajstić information content (AvgIpc) is 2.52. The van der Waals surface area contributed by atoms with E-state index in [1.165, 1.54) is 6.92 Å². The second kappa shape index (κ2) is 9.11. The van der Waals surface area contributed by atoms with Gasteiger partial charge >= 0.3 is 12.0 Å². The van der Waals surface area contributed by atoms with Crippen molar-refractivity contribution in [2.24, 2.45) is 0 Å². The molecule has 2 N–H and O–H groups in total. The van der Waals surface area contributed by atoms with Crippen LogP contribution in [0.25, 0.3) is 0 Å². The fraction of sp³-hybridized carbons (Fsp3) is 0.471. The van der Waals surface area contributed by atoms with Crippen LogP contribution in [0, 0.1) is 5.82 Å². The smallest absolute Gasteiger partial charge is 0.322 e. The molecule has 0 aliphatic carbocycles. The molecular weight excluding hydrogens is 393 g/mol. The quantitative estimate of drug-likeness (QED) is 0.666. The Morgan fingerprint density at radius 3 is 2.21 bits per heavy atom. The van der Waals surface area contributed by atoms with Crippen molar-refractivity contribution < 1.29 is 31.9 Å². The molecule has 1 rings (SSSR count). The van der Waals surface area contributed by atoms with E-state index < -0.39 is 51.9 Å². The number of rotatable bonds is 6. The molecule has 0 heterocycles. The second-order valence-electron chi connectivity index (χ2n) is 7.04. The number of likely N-dealkylation sites (N-methyl/N-ethyl adjacent to an activating group) is 1. The Kier molecular flexibility index (Phi) is 7.65. The van der Waals surface area contributed by atoms with Crippen LogP contribution in [0.2, 0.25) is 0 Å². The van der Waals surface area contributed by atoms with Crippen molar-refractivity contribution in [3.05, 3.63) is 30.1 Å². The number of benzene rings is 1. The van der Waals surface area contributed by atoms with Gasteiger partial charge in [0.25, 0.3) is 5.91 Å². The normalized spacial score (nSPS) is 13.0. The summed E-state index contributed by atoms with van der Waals surface area (Å²) in [5.74, 6) is -2.46. The summed E-state index contributed by atoms with van der Waals surface area (Å²) in [6.07, 6.45) is -1.32. The fourth-order valence-electron chi connectivity index (χ4n) is 1.93. The summed E-state index contributed by atoms with van der Waals surface area (Å²) in [4.78, 5) is 35.3. The number of carbonyl (C=O) groups is 3. The van der Waals surface area contributed by atoms with E-state index in [4.69, 9.17) is 4.74 Å². The van der Waals surface area contributed by atoms with Crippen molar-refractivity contribution in [3.63, 3.8) is 0 Å². The minimum absolute atomic E-state index is 0.200. The van der Waals surface area contributed by atoms with Gasteiger partial charge in [0.05, 0.1) is 4.90 Å². The van der Waals surface area contributed by atoms with Gasteiger partial charge < -0.3 is 10.1 Å². The van der Waals surface area contributed by atoms with Crippen LogP contribution in [0.15, 0.2) is 29.2 Å². The maximum atomic E-state index is 12.9. The van der Waals surface area contributed by atoms with E-state index in [9.17, 15) is 27.2 Å². The lowest BCUT2D eigenvalue weighted by Crippen LogP contribution is -2.50. The topological polar surface area (TPSA) is 122 Å². The molecule has 0 saturated carbocycles. The minimum atomic E-state index is -4.05. The number of halogens is 1. The first-order chi connectivity index (χ1) is 12.7. The van der Waals surface area contributed by atoms with Crippen molar-refractivity contribution in [2.75, 3.05) is 13.6 Å². The van der Waals surface area contributed by atoms with Crippen molar-refractivity contribution in [3.8, 4) is 0 Å². The molecule has 9 nitrogen and oxygen atoms in total. The number of hydrogen-bond donors (Lipinski definition) is 2. The molecule has 0 fully saturated rings. The Hall–Kier alpha value is -2.53. The van der Waals surface area contributed by atoms with E-state index in [1.807, 2.05) is 5.32 Å². The lowest BCUT2D eigenvalue weighted by molar-refractivity contribution is -0.154. The standard InChI is InChI=1S/C17H24FN3O6S/c1-11(15(23)19-16(24)20-17(2,3)4)27-14(22)10-21(5)28(25,26)13-8-6-12(18)7-9-13/h6-9,11H,10H2,1-5H3,(H2,19,20,23,24)/t11-/m0/s1. The molecule has 0 aliphatic heterocycles. The molecule has 0 aliphatic rings. The summed E-state index contributed by atoms with van der Waals surface area (Å²) in [7, 11) is -2.90. The number of amides is 3. The molecule has 0 spiro atoms. The zero-order valence-electron chi connectivity index (χ0n) is 16.3. The van der Waals surface area contributed by atoms with Crippen molar-refractivity contribution in [1.82, 2.24) is 14.9 Å². The van der Waals surface area contributed by atoms with E-state index in [0.717, 1.165) is 31.3 Å². The van der Waals surface area contributed by atoms with Crippen LogP contribution in [0.1, 0.15) is 27.7 Å². The van der Waals surface area contributed by atoms with Crippen LogP contribution in [0.3, 0.4) is 0 Å². The highest BCUT2D eigenvalue weighted by atomic mass is 32.2.